The summed E-state index contributed by atoms with van der Waals surface area (Å²) in [6.45, 7) is 0. The summed E-state index contributed by atoms with van der Waals surface area (Å²) in [6.07, 6.45) is 3.08. The second-order valence-corrected chi connectivity index (χ2v) is 4.49. The second kappa shape index (κ2) is 3.84. The molecular formula is C14H14N2O. The maximum absolute atomic E-state index is 11.6. The molecule has 1 aromatic heterocycles. The molecule has 0 aliphatic heterocycles. The van der Waals surface area contributed by atoms with Gasteiger partial charge in [0.15, 0.2) is 0 Å². The first-order valence-corrected chi connectivity index (χ1v) is 5.91. The number of hydrogen-bond acceptors (Lipinski definition) is 2. The first-order chi connectivity index (χ1) is 8.25. The van der Waals surface area contributed by atoms with Crippen molar-refractivity contribution in [3.63, 3.8) is 0 Å². The predicted molar refractivity (Wildman–Crippen MR) is 66.9 cm³/mol. The van der Waals surface area contributed by atoms with Gasteiger partial charge in [0, 0.05) is 18.7 Å². The summed E-state index contributed by atoms with van der Waals surface area (Å²) in [6, 6.07) is 10.1. The lowest BCUT2D eigenvalue weighted by Crippen LogP contribution is -2.20. The van der Waals surface area contributed by atoms with Crippen LogP contribution < -0.4 is 5.56 Å². The second-order valence-electron chi connectivity index (χ2n) is 4.49. The van der Waals surface area contributed by atoms with E-state index >= 15 is 0 Å². The molecule has 86 valence electrons. The van der Waals surface area contributed by atoms with Crippen LogP contribution in [0.5, 0.6) is 0 Å². The van der Waals surface area contributed by atoms with E-state index in [0.29, 0.717) is 0 Å². The molecular weight excluding hydrogens is 212 g/mol. The number of aromatic nitrogens is 2. The SMILES string of the molecule is Cn1nc2c(cc1=O)CCCc1ccccc1-2. The average Bonchev–Trinajstić information content (AvgIpc) is 2.50. The maximum Gasteiger partial charge on any atom is 0.266 e. The van der Waals surface area contributed by atoms with Crippen LogP contribution in [0.3, 0.4) is 0 Å². The molecule has 3 rings (SSSR count). The molecule has 1 aromatic carbocycles. The van der Waals surface area contributed by atoms with Crippen LogP contribution in [0.15, 0.2) is 35.1 Å². The Hall–Kier alpha value is -1.90. The number of fused-ring (bicyclic) bond motifs is 3. The van der Waals surface area contributed by atoms with E-state index in [1.54, 1.807) is 13.1 Å². The molecule has 0 N–H and O–H groups in total. The lowest BCUT2D eigenvalue weighted by atomic mass is 10.0. The van der Waals surface area contributed by atoms with E-state index in [1.165, 1.54) is 15.8 Å². The van der Waals surface area contributed by atoms with Crippen LogP contribution in [0.25, 0.3) is 11.3 Å². The Bertz CT molecular complexity index is 628. The highest BCUT2D eigenvalue weighted by atomic mass is 16.1. The van der Waals surface area contributed by atoms with Crippen LogP contribution in [0.1, 0.15) is 17.5 Å². The molecule has 1 aliphatic rings. The van der Waals surface area contributed by atoms with Gasteiger partial charge in [-0.05, 0) is 30.4 Å². The van der Waals surface area contributed by atoms with Crippen molar-refractivity contribution in [3.8, 4) is 11.3 Å². The van der Waals surface area contributed by atoms with Crippen molar-refractivity contribution in [2.24, 2.45) is 7.05 Å². The van der Waals surface area contributed by atoms with Crippen LogP contribution in [0.4, 0.5) is 0 Å². The standard InChI is InChI=1S/C14H14N2O/c1-16-13(17)9-11-7-4-6-10-5-2-3-8-12(10)14(11)15-16/h2-3,5,8-9H,4,6-7H2,1H3. The first-order valence-electron chi connectivity index (χ1n) is 5.91. The topological polar surface area (TPSA) is 34.9 Å². The Morgan fingerprint density at radius 1 is 1.18 bits per heavy atom. The van der Waals surface area contributed by atoms with Crippen LogP contribution in [0.2, 0.25) is 0 Å². The molecule has 0 amide bonds. The minimum absolute atomic E-state index is 0.0249. The molecule has 0 saturated carbocycles. The van der Waals surface area contributed by atoms with Gasteiger partial charge in [-0.1, -0.05) is 24.3 Å². The highest BCUT2D eigenvalue weighted by Crippen LogP contribution is 2.29. The smallest absolute Gasteiger partial charge is 0.266 e. The molecule has 1 heterocycles. The minimum atomic E-state index is -0.0249. The maximum atomic E-state index is 11.6. The number of rotatable bonds is 0. The summed E-state index contributed by atoms with van der Waals surface area (Å²) in [4.78, 5) is 11.6. The van der Waals surface area contributed by atoms with Gasteiger partial charge in [-0.15, -0.1) is 0 Å². The van der Waals surface area contributed by atoms with Gasteiger partial charge in [0.25, 0.3) is 5.56 Å². The molecule has 17 heavy (non-hydrogen) atoms. The Kier molecular flexibility index (Phi) is 2.32. The molecule has 2 aromatic rings. The fraction of sp³-hybridized carbons (Fsp3) is 0.286. The van der Waals surface area contributed by atoms with Crippen molar-refractivity contribution >= 4 is 0 Å². The largest absolute Gasteiger partial charge is 0.268 e. The third kappa shape index (κ3) is 1.68. The molecule has 0 bridgehead atoms. The van der Waals surface area contributed by atoms with Crippen LogP contribution >= 0.6 is 0 Å². The van der Waals surface area contributed by atoms with Gasteiger partial charge in [-0.2, -0.15) is 5.10 Å². The van der Waals surface area contributed by atoms with Crippen LogP contribution in [-0.2, 0) is 19.9 Å². The molecule has 0 unspecified atom stereocenters. The van der Waals surface area contributed by atoms with Gasteiger partial charge in [-0.3, -0.25) is 4.79 Å². The Labute approximate surface area is 99.7 Å². The minimum Gasteiger partial charge on any atom is -0.268 e. The van der Waals surface area contributed by atoms with Gasteiger partial charge in [0.1, 0.15) is 0 Å². The van der Waals surface area contributed by atoms with Gasteiger partial charge in [-0.25, -0.2) is 4.68 Å². The lowest BCUT2D eigenvalue weighted by molar-refractivity contribution is 0.702. The van der Waals surface area contributed by atoms with E-state index in [0.717, 1.165) is 30.5 Å². The Balaban J connectivity index is 2.32. The summed E-state index contributed by atoms with van der Waals surface area (Å²) in [7, 11) is 1.70. The highest BCUT2D eigenvalue weighted by molar-refractivity contribution is 5.67. The quantitative estimate of drug-likeness (QED) is 0.688. The zero-order chi connectivity index (χ0) is 11.8. The third-order valence-corrected chi connectivity index (χ3v) is 3.34. The van der Waals surface area contributed by atoms with E-state index < -0.39 is 0 Å². The average molecular weight is 226 g/mol. The van der Waals surface area contributed by atoms with E-state index in [9.17, 15) is 4.79 Å². The van der Waals surface area contributed by atoms with Crippen molar-refractivity contribution < 1.29 is 0 Å². The van der Waals surface area contributed by atoms with E-state index in [1.807, 2.05) is 6.07 Å². The number of aryl methyl sites for hydroxylation is 3. The predicted octanol–water partition coefficient (Wildman–Crippen LogP) is 1.94. The number of hydrogen-bond donors (Lipinski definition) is 0. The summed E-state index contributed by atoms with van der Waals surface area (Å²) >= 11 is 0. The number of nitrogens with zero attached hydrogens (tertiary/aromatic N) is 2. The molecule has 3 heteroatoms. The summed E-state index contributed by atoms with van der Waals surface area (Å²) in [5.41, 5.74) is 4.54. The van der Waals surface area contributed by atoms with Gasteiger partial charge in [0.05, 0.1) is 5.69 Å². The molecule has 3 nitrogen and oxygen atoms in total. The highest BCUT2D eigenvalue weighted by Gasteiger charge is 2.16. The van der Waals surface area contributed by atoms with Gasteiger partial charge in [0.2, 0.25) is 0 Å². The fourth-order valence-electron chi connectivity index (χ4n) is 2.43. The fourth-order valence-corrected chi connectivity index (χ4v) is 2.43. The third-order valence-electron chi connectivity index (χ3n) is 3.34. The molecule has 0 spiro atoms. The molecule has 0 fully saturated rings. The van der Waals surface area contributed by atoms with Gasteiger partial charge < -0.3 is 0 Å². The van der Waals surface area contributed by atoms with Crippen molar-refractivity contribution in [2.45, 2.75) is 19.3 Å². The zero-order valence-electron chi connectivity index (χ0n) is 9.81. The van der Waals surface area contributed by atoms with Crippen molar-refractivity contribution in [1.29, 1.82) is 0 Å². The first kappa shape index (κ1) is 10.3. The van der Waals surface area contributed by atoms with Crippen molar-refractivity contribution in [1.82, 2.24) is 9.78 Å². The normalized spacial score (nSPS) is 13.7. The molecule has 0 radical (unpaired) electrons. The molecule has 1 aliphatic carbocycles. The van der Waals surface area contributed by atoms with Crippen LogP contribution in [0, 0.1) is 0 Å². The monoisotopic (exact) mass is 226 g/mol. The van der Waals surface area contributed by atoms with E-state index in [2.05, 4.69) is 23.3 Å². The molecule has 0 atom stereocenters. The Morgan fingerprint density at radius 3 is 2.82 bits per heavy atom. The Morgan fingerprint density at radius 2 is 1.94 bits per heavy atom. The summed E-state index contributed by atoms with van der Waals surface area (Å²) < 4.78 is 1.42. The molecule has 0 saturated heterocycles. The van der Waals surface area contributed by atoms with Crippen molar-refractivity contribution in [2.75, 3.05) is 0 Å². The van der Waals surface area contributed by atoms with Gasteiger partial charge >= 0.3 is 0 Å². The van der Waals surface area contributed by atoms with E-state index in [-0.39, 0.29) is 5.56 Å². The summed E-state index contributed by atoms with van der Waals surface area (Å²) in [5, 5.41) is 4.42. The zero-order valence-corrected chi connectivity index (χ0v) is 9.81. The van der Waals surface area contributed by atoms with E-state index in [4.69, 9.17) is 0 Å². The van der Waals surface area contributed by atoms with Crippen LogP contribution in [-0.4, -0.2) is 9.78 Å². The summed E-state index contributed by atoms with van der Waals surface area (Å²) in [5.74, 6) is 0. The number of benzene rings is 1. The van der Waals surface area contributed by atoms with Crippen molar-refractivity contribution in [3.05, 3.63) is 51.8 Å². The lowest BCUT2D eigenvalue weighted by Gasteiger charge is -2.08.